The normalized spacial score (nSPS) is 16.1. The van der Waals surface area contributed by atoms with Crippen LogP contribution in [0.15, 0.2) is 182 Å². The first-order valence-electron chi connectivity index (χ1n) is 19.0. The van der Waals surface area contributed by atoms with E-state index in [1.54, 1.807) is 0 Å². The highest BCUT2D eigenvalue weighted by atomic mass is 16.5. The topological polar surface area (TPSA) is 39.9 Å². The number of hydrogen-bond acceptors (Lipinski definition) is 3. The predicted molar refractivity (Wildman–Crippen MR) is 223 cm³/mol. The quantitative estimate of drug-likeness (QED) is 0.184. The molecule has 2 aliphatic carbocycles. The van der Waals surface area contributed by atoms with Gasteiger partial charge in [0.15, 0.2) is 0 Å². The number of allylic oxidation sites excluding steroid dienone is 4. The minimum atomic E-state index is -0.403. The zero-order valence-electron chi connectivity index (χ0n) is 29.9. The van der Waals surface area contributed by atoms with Crippen molar-refractivity contribution in [3.8, 4) is 39.7 Å². The van der Waals surface area contributed by atoms with E-state index in [2.05, 4.69) is 156 Å². The van der Waals surface area contributed by atoms with Crippen molar-refractivity contribution in [2.75, 3.05) is 0 Å². The summed E-state index contributed by atoms with van der Waals surface area (Å²) in [5, 5.41) is 2.50. The van der Waals surface area contributed by atoms with Crippen LogP contribution >= 0.6 is 0 Å². The molecule has 3 aliphatic rings. The highest BCUT2D eigenvalue weighted by Gasteiger charge is 2.55. The molecule has 1 aliphatic heterocycles. The molecule has 0 saturated carbocycles. The second kappa shape index (κ2) is 11.5. The van der Waals surface area contributed by atoms with Crippen LogP contribution in [-0.4, -0.2) is 14.5 Å². The molecule has 1 atom stereocenters. The van der Waals surface area contributed by atoms with Crippen LogP contribution in [0.5, 0.6) is 11.5 Å². The molecule has 0 N–H and O–H groups in total. The van der Waals surface area contributed by atoms with Crippen LogP contribution in [0, 0.1) is 5.92 Å². The maximum atomic E-state index is 6.64. The molecule has 4 heteroatoms. The minimum Gasteiger partial charge on any atom is -0.457 e. The fraction of sp³-hybridized carbons (Fsp3) is 0.0588. The summed E-state index contributed by atoms with van der Waals surface area (Å²) in [4.78, 5) is 10.3. The molecule has 0 fully saturated rings. The van der Waals surface area contributed by atoms with E-state index in [1.165, 1.54) is 49.6 Å². The standard InChI is InChI=1S/C51H33N3O/c1-2-14-32(15-3-1)49-50(53-44-22-10-9-21-43(44)52-49)33-26-28-34(29-27-33)54-45-23-11-5-17-36(45)38-30-37-35-16-4-6-18-39(35)51(42(37)31-46(38)54)40-19-7-12-24-47(40)55-48-25-13-8-20-41(48)51/h1-17,19-31,39H,18H2. The Morgan fingerprint density at radius 2 is 1.16 bits per heavy atom. The van der Waals surface area contributed by atoms with E-state index in [0.717, 1.165) is 57.2 Å². The van der Waals surface area contributed by atoms with Gasteiger partial charge >= 0.3 is 0 Å². The number of benzene rings is 7. The van der Waals surface area contributed by atoms with Gasteiger partial charge < -0.3 is 9.30 Å². The van der Waals surface area contributed by atoms with Gasteiger partial charge in [-0.25, -0.2) is 9.97 Å². The maximum absolute atomic E-state index is 6.64. The van der Waals surface area contributed by atoms with Crippen molar-refractivity contribution < 1.29 is 4.74 Å². The Balaban J connectivity index is 1.10. The van der Waals surface area contributed by atoms with E-state index in [9.17, 15) is 0 Å². The summed E-state index contributed by atoms with van der Waals surface area (Å²) >= 11 is 0. The Bertz CT molecular complexity index is 3050. The molecule has 0 saturated heterocycles. The molecular formula is C51H33N3O. The maximum Gasteiger partial charge on any atom is 0.131 e. The summed E-state index contributed by atoms with van der Waals surface area (Å²) in [5.41, 5.74) is 15.2. The predicted octanol–water partition coefficient (Wildman–Crippen LogP) is 12.5. The summed E-state index contributed by atoms with van der Waals surface area (Å²) in [6.07, 6.45) is 7.89. The first-order chi connectivity index (χ1) is 27.3. The van der Waals surface area contributed by atoms with Gasteiger partial charge in [0, 0.05) is 44.6 Å². The number of fused-ring (bicyclic) bond motifs is 13. The lowest BCUT2D eigenvalue weighted by Gasteiger charge is -2.43. The molecule has 9 aromatic rings. The minimum absolute atomic E-state index is 0.242. The Labute approximate surface area is 318 Å². The summed E-state index contributed by atoms with van der Waals surface area (Å²) in [5.74, 6) is 2.11. The molecule has 0 amide bonds. The van der Waals surface area contributed by atoms with Crippen LogP contribution in [-0.2, 0) is 5.41 Å². The molecule has 7 aromatic carbocycles. The van der Waals surface area contributed by atoms with Crippen molar-refractivity contribution in [1.29, 1.82) is 0 Å². The average molecular weight is 704 g/mol. The lowest BCUT2D eigenvalue weighted by molar-refractivity contribution is 0.383. The Morgan fingerprint density at radius 3 is 1.89 bits per heavy atom. The first-order valence-corrected chi connectivity index (χ1v) is 19.0. The lowest BCUT2D eigenvalue weighted by Crippen LogP contribution is -2.37. The number of rotatable bonds is 3. The SMILES string of the molecule is C1=CCC2C(=C1)c1cc3c4ccccc4n(-c4ccc(-c5nc6ccccc6nc5-c5ccccc5)cc4)c3cc1C21c2ccccc2Oc2ccccc21. The van der Waals surface area contributed by atoms with E-state index >= 15 is 0 Å². The summed E-state index contributed by atoms with van der Waals surface area (Å²) in [7, 11) is 0. The van der Waals surface area contributed by atoms with Gasteiger partial charge in [0.2, 0.25) is 0 Å². The fourth-order valence-corrected chi connectivity index (χ4v) is 9.82. The largest absolute Gasteiger partial charge is 0.457 e. The number of nitrogens with zero attached hydrogens (tertiary/aromatic N) is 3. The van der Waals surface area contributed by atoms with Crippen LogP contribution in [0.4, 0.5) is 0 Å². The van der Waals surface area contributed by atoms with Crippen molar-refractivity contribution in [3.63, 3.8) is 0 Å². The highest BCUT2D eigenvalue weighted by Crippen LogP contribution is 2.65. The third kappa shape index (κ3) is 4.22. The van der Waals surface area contributed by atoms with Crippen LogP contribution < -0.4 is 4.74 Å². The molecule has 12 rings (SSSR count). The summed E-state index contributed by atoms with van der Waals surface area (Å²) < 4.78 is 9.09. The molecule has 3 heterocycles. The number of hydrogen-bond donors (Lipinski definition) is 0. The summed E-state index contributed by atoms with van der Waals surface area (Å²) in [6.45, 7) is 0. The van der Waals surface area contributed by atoms with E-state index in [0.29, 0.717) is 0 Å². The van der Waals surface area contributed by atoms with Crippen molar-refractivity contribution in [2.45, 2.75) is 11.8 Å². The van der Waals surface area contributed by atoms with Crippen molar-refractivity contribution in [1.82, 2.24) is 14.5 Å². The smallest absolute Gasteiger partial charge is 0.131 e. The van der Waals surface area contributed by atoms with Crippen molar-refractivity contribution in [3.05, 3.63) is 204 Å². The van der Waals surface area contributed by atoms with E-state index in [-0.39, 0.29) is 5.92 Å². The van der Waals surface area contributed by atoms with Crippen LogP contribution in [0.3, 0.4) is 0 Å². The highest BCUT2D eigenvalue weighted by molar-refractivity contribution is 6.11. The van der Waals surface area contributed by atoms with Gasteiger partial charge in [0.1, 0.15) is 11.5 Å². The van der Waals surface area contributed by atoms with Gasteiger partial charge in [-0.05, 0) is 77.7 Å². The molecular weight excluding hydrogens is 671 g/mol. The van der Waals surface area contributed by atoms with Crippen LogP contribution in [0.2, 0.25) is 0 Å². The van der Waals surface area contributed by atoms with Crippen LogP contribution in [0.25, 0.3) is 66.6 Å². The van der Waals surface area contributed by atoms with E-state index in [4.69, 9.17) is 14.7 Å². The average Bonchev–Trinajstić information content (AvgIpc) is 3.73. The van der Waals surface area contributed by atoms with Crippen molar-refractivity contribution in [2.24, 2.45) is 5.92 Å². The first kappa shape index (κ1) is 30.4. The zero-order chi connectivity index (χ0) is 36.1. The number of aromatic nitrogens is 3. The molecule has 258 valence electrons. The van der Waals surface area contributed by atoms with Gasteiger partial charge in [-0.3, -0.25) is 0 Å². The second-order valence-corrected chi connectivity index (χ2v) is 14.8. The Kier molecular flexibility index (Phi) is 6.35. The van der Waals surface area contributed by atoms with Crippen LogP contribution in [0.1, 0.15) is 28.7 Å². The molecule has 4 nitrogen and oxygen atoms in total. The molecule has 1 spiro atoms. The Hall–Kier alpha value is -7.04. The summed E-state index contributed by atoms with van der Waals surface area (Å²) in [6, 6.07) is 58.5. The molecule has 55 heavy (non-hydrogen) atoms. The number of ether oxygens (including phenoxy) is 1. The van der Waals surface area contributed by atoms with Gasteiger partial charge in [-0.1, -0.05) is 127 Å². The van der Waals surface area contributed by atoms with Crippen molar-refractivity contribution >= 4 is 38.4 Å². The zero-order valence-corrected chi connectivity index (χ0v) is 29.9. The Morgan fingerprint density at radius 1 is 0.545 bits per heavy atom. The third-order valence-electron chi connectivity index (χ3n) is 12.1. The second-order valence-electron chi connectivity index (χ2n) is 14.8. The molecule has 1 unspecified atom stereocenters. The monoisotopic (exact) mass is 703 g/mol. The molecule has 0 bridgehead atoms. The van der Waals surface area contributed by atoms with Gasteiger partial charge in [-0.15, -0.1) is 0 Å². The third-order valence-corrected chi connectivity index (χ3v) is 12.1. The van der Waals surface area contributed by atoms with Gasteiger partial charge in [-0.2, -0.15) is 0 Å². The number of para-hydroxylation sites is 5. The lowest BCUT2D eigenvalue weighted by atomic mass is 9.62. The fourth-order valence-electron chi connectivity index (χ4n) is 9.82. The van der Waals surface area contributed by atoms with Gasteiger partial charge in [0.05, 0.1) is 38.9 Å². The molecule has 2 aromatic heterocycles. The van der Waals surface area contributed by atoms with Gasteiger partial charge in [0.25, 0.3) is 0 Å². The van der Waals surface area contributed by atoms with E-state index in [1.807, 2.05) is 30.3 Å². The van der Waals surface area contributed by atoms with E-state index < -0.39 is 5.41 Å². The molecule has 0 radical (unpaired) electrons.